The van der Waals surface area contributed by atoms with Crippen LogP contribution in [0.2, 0.25) is 0 Å². The number of urea groups is 1. The number of anilines is 1. The highest BCUT2D eigenvalue weighted by molar-refractivity contribution is 5.90. The smallest absolute Gasteiger partial charge is 0.321 e. The summed E-state index contributed by atoms with van der Waals surface area (Å²) in [5.41, 5.74) is 3.00. The Morgan fingerprint density at radius 3 is 2.61 bits per heavy atom. The summed E-state index contributed by atoms with van der Waals surface area (Å²) in [5.74, 6) is 0. The van der Waals surface area contributed by atoms with E-state index in [1.54, 1.807) is 18.6 Å². The van der Waals surface area contributed by atoms with Crippen molar-refractivity contribution in [3.63, 3.8) is 0 Å². The summed E-state index contributed by atoms with van der Waals surface area (Å²) in [5, 5.41) is 2.96. The van der Waals surface area contributed by atoms with Crippen LogP contribution in [0, 0.1) is 6.92 Å². The van der Waals surface area contributed by atoms with E-state index in [2.05, 4.69) is 26.3 Å². The normalized spacial score (nSPS) is 15.4. The summed E-state index contributed by atoms with van der Waals surface area (Å²) in [4.78, 5) is 24.7. The van der Waals surface area contributed by atoms with E-state index in [9.17, 15) is 4.79 Å². The van der Waals surface area contributed by atoms with Gasteiger partial charge in [-0.25, -0.2) is 4.79 Å². The van der Waals surface area contributed by atoms with Crippen molar-refractivity contribution in [2.45, 2.75) is 13.5 Å². The van der Waals surface area contributed by atoms with Gasteiger partial charge in [0.05, 0.1) is 0 Å². The molecule has 120 valence electrons. The molecule has 1 fully saturated rings. The number of aryl methyl sites for hydroxylation is 1. The van der Waals surface area contributed by atoms with Crippen molar-refractivity contribution >= 4 is 11.7 Å². The summed E-state index contributed by atoms with van der Waals surface area (Å²) in [7, 11) is 0. The van der Waals surface area contributed by atoms with E-state index in [1.807, 2.05) is 30.2 Å². The largest absolute Gasteiger partial charge is 0.322 e. The van der Waals surface area contributed by atoms with Gasteiger partial charge < -0.3 is 10.2 Å². The fourth-order valence-corrected chi connectivity index (χ4v) is 2.67. The van der Waals surface area contributed by atoms with Crippen LogP contribution < -0.4 is 5.32 Å². The Morgan fingerprint density at radius 1 is 1.13 bits per heavy atom. The molecule has 1 N–H and O–H groups in total. The average molecular weight is 311 g/mol. The third kappa shape index (κ3) is 4.04. The van der Waals surface area contributed by atoms with Gasteiger partial charge in [-0.05, 0) is 30.2 Å². The summed E-state index contributed by atoms with van der Waals surface area (Å²) in [6.07, 6.45) is 7.12. The second kappa shape index (κ2) is 7.19. The topological polar surface area (TPSA) is 61.4 Å². The second-order valence-corrected chi connectivity index (χ2v) is 5.75. The monoisotopic (exact) mass is 311 g/mol. The number of hydrogen-bond acceptors (Lipinski definition) is 4. The molecule has 3 heterocycles. The minimum absolute atomic E-state index is 0.0414. The van der Waals surface area contributed by atoms with Gasteiger partial charge in [0.25, 0.3) is 0 Å². The molecule has 1 saturated heterocycles. The molecule has 6 nitrogen and oxygen atoms in total. The van der Waals surface area contributed by atoms with Crippen LogP contribution in [-0.4, -0.2) is 52.0 Å². The highest BCUT2D eigenvalue weighted by atomic mass is 16.2. The van der Waals surface area contributed by atoms with Gasteiger partial charge in [0, 0.05) is 63.2 Å². The first-order valence-electron chi connectivity index (χ1n) is 7.80. The van der Waals surface area contributed by atoms with Crippen LogP contribution >= 0.6 is 0 Å². The standard InChI is InChI=1S/C17H21N5O/c1-14-11-19-6-4-16(14)20-17(23)22-9-7-21(8-10-22)13-15-3-2-5-18-12-15/h2-6,11-12H,7-10,13H2,1H3,(H,19,20,23). The maximum Gasteiger partial charge on any atom is 0.321 e. The third-order valence-electron chi connectivity index (χ3n) is 4.05. The van der Waals surface area contributed by atoms with Crippen molar-refractivity contribution in [2.75, 3.05) is 31.5 Å². The number of amides is 2. The van der Waals surface area contributed by atoms with E-state index >= 15 is 0 Å². The van der Waals surface area contributed by atoms with E-state index in [1.165, 1.54) is 5.56 Å². The molecule has 2 amide bonds. The van der Waals surface area contributed by atoms with Crippen molar-refractivity contribution in [1.29, 1.82) is 0 Å². The summed E-state index contributed by atoms with van der Waals surface area (Å²) in [6, 6.07) is 5.82. The lowest BCUT2D eigenvalue weighted by molar-refractivity contribution is 0.143. The van der Waals surface area contributed by atoms with E-state index in [0.717, 1.165) is 44.0 Å². The van der Waals surface area contributed by atoms with Crippen LogP contribution in [0.4, 0.5) is 10.5 Å². The molecule has 2 aromatic rings. The van der Waals surface area contributed by atoms with Gasteiger partial charge >= 0.3 is 6.03 Å². The molecule has 1 aliphatic heterocycles. The van der Waals surface area contributed by atoms with Crippen LogP contribution in [0.1, 0.15) is 11.1 Å². The predicted octanol–water partition coefficient (Wildman–Crippen LogP) is 2.13. The first-order chi connectivity index (χ1) is 11.2. The zero-order valence-electron chi connectivity index (χ0n) is 13.3. The molecular formula is C17H21N5O. The average Bonchev–Trinajstić information content (AvgIpc) is 2.58. The highest BCUT2D eigenvalue weighted by Gasteiger charge is 2.21. The maximum atomic E-state index is 12.4. The Balaban J connectivity index is 1.50. The zero-order chi connectivity index (χ0) is 16.1. The number of aromatic nitrogens is 2. The number of hydrogen-bond donors (Lipinski definition) is 1. The molecule has 0 unspecified atom stereocenters. The van der Waals surface area contributed by atoms with Gasteiger partial charge in [0.2, 0.25) is 0 Å². The minimum Gasteiger partial charge on any atom is -0.322 e. The van der Waals surface area contributed by atoms with Crippen LogP contribution in [0.3, 0.4) is 0 Å². The Morgan fingerprint density at radius 2 is 1.91 bits per heavy atom. The third-order valence-corrected chi connectivity index (χ3v) is 4.05. The van der Waals surface area contributed by atoms with E-state index in [-0.39, 0.29) is 6.03 Å². The lowest BCUT2D eigenvalue weighted by atomic mass is 10.2. The minimum atomic E-state index is -0.0414. The molecule has 23 heavy (non-hydrogen) atoms. The Kier molecular flexibility index (Phi) is 4.83. The molecule has 2 aromatic heterocycles. The summed E-state index contributed by atoms with van der Waals surface area (Å²) < 4.78 is 0. The van der Waals surface area contributed by atoms with Gasteiger partial charge in [-0.3, -0.25) is 14.9 Å². The van der Waals surface area contributed by atoms with Crippen LogP contribution in [-0.2, 0) is 6.54 Å². The molecule has 0 radical (unpaired) electrons. The van der Waals surface area contributed by atoms with Gasteiger partial charge in [0.15, 0.2) is 0 Å². The summed E-state index contributed by atoms with van der Waals surface area (Å²) in [6.45, 7) is 6.03. The maximum absolute atomic E-state index is 12.4. The van der Waals surface area contributed by atoms with Crippen LogP contribution in [0.5, 0.6) is 0 Å². The van der Waals surface area contributed by atoms with Crippen molar-refractivity contribution in [3.8, 4) is 0 Å². The van der Waals surface area contributed by atoms with Crippen molar-refractivity contribution < 1.29 is 4.79 Å². The van der Waals surface area contributed by atoms with Gasteiger partial charge in [-0.1, -0.05) is 6.07 Å². The molecular weight excluding hydrogens is 290 g/mol. The number of nitrogens with one attached hydrogen (secondary N) is 1. The molecule has 0 atom stereocenters. The molecule has 0 saturated carbocycles. The fraction of sp³-hybridized carbons (Fsp3) is 0.353. The molecule has 3 rings (SSSR count). The van der Waals surface area contributed by atoms with Gasteiger partial charge in [-0.2, -0.15) is 0 Å². The quantitative estimate of drug-likeness (QED) is 0.943. The van der Waals surface area contributed by atoms with Gasteiger partial charge in [-0.15, -0.1) is 0 Å². The van der Waals surface area contributed by atoms with Crippen LogP contribution in [0.15, 0.2) is 43.0 Å². The highest BCUT2D eigenvalue weighted by Crippen LogP contribution is 2.14. The Bertz CT molecular complexity index is 653. The number of nitrogens with zero attached hydrogens (tertiary/aromatic N) is 4. The van der Waals surface area contributed by atoms with E-state index in [4.69, 9.17) is 0 Å². The first kappa shape index (κ1) is 15.4. The zero-order valence-corrected chi connectivity index (χ0v) is 13.3. The number of pyridine rings is 2. The summed E-state index contributed by atoms with van der Waals surface area (Å²) >= 11 is 0. The predicted molar refractivity (Wildman–Crippen MR) is 89.1 cm³/mol. The first-order valence-corrected chi connectivity index (χ1v) is 7.80. The van der Waals surface area contributed by atoms with Crippen LogP contribution in [0.25, 0.3) is 0 Å². The fourth-order valence-electron chi connectivity index (χ4n) is 2.67. The SMILES string of the molecule is Cc1cnccc1NC(=O)N1CCN(Cc2cccnc2)CC1. The lowest BCUT2D eigenvalue weighted by Crippen LogP contribution is -2.49. The van der Waals surface area contributed by atoms with Crippen molar-refractivity contribution in [1.82, 2.24) is 19.8 Å². The number of carbonyl (C=O) groups is 1. The van der Waals surface area contributed by atoms with E-state index < -0.39 is 0 Å². The van der Waals surface area contributed by atoms with Crippen molar-refractivity contribution in [2.24, 2.45) is 0 Å². The van der Waals surface area contributed by atoms with Gasteiger partial charge in [0.1, 0.15) is 0 Å². The molecule has 0 spiro atoms. The number of carbonyl (C=O) groups excluding carboxylic acids is 1. The van der Waals surface area contributed by atoms with Crippen molar-refractivity contribution in [3.05, 3.63) is 54.1 Å². The molecule has 0 bridgehead atoms. The number of rotatable bonds is 3. The number of piperazine rings is 1. The molecule has 0 aromatic carbocycles. The second-order valence-electron chi connectivity index (χ2n) is 5.75. The Labute approximate surface area is 136 Å². The molecule has 0 aliphatic carbocycles. The lowest BCUT2D eigenvalue weighted by Gasteiger charge is -2.34. The molecule has 1 aliphatic rings. The Hall–Kier alpha value is -2.47. The molecule has 6 heteroatoms. The van der Waals surface area contributed by atoms with E-state index in [0.29, 0.717) is 0 Å².